The maximum Gasteiger partial charge on any atom is 0.170 e. The van der Waals surface area contributed by atoms with Crippen LogP contribution in [0.4, 0.5) is 4.39 Å². The Balaban J connectivity index is 1.71. The zero-order valence-electron chi connectivity index (χ0n) is 11.1. The predicted octanol–water partition coefficient (Wildman–Crippen LogP) is 2.72. The first-order valence-electron chi connectivity index (χ1n) is 6.42. The zero-order valence-corrected chi connectivity index (χ0v) is 11.1. The topological polar surface area (TPSA) is 39.9 Å². The van der Waals surface area contributed by atoms with E-state index in [0.717, 1.165) is 17.2 Å². The normalized spacial score (nSPS) is 14.7. The van der Waals surface area contributed by atoms with Crippen LogP contribution >= 0.6 is 0 Å². The highest BCUT2D eigenvalue weighted by Crippen LogP contribution is 2.38. The molecule has 0 N–H and O–H groups in total. The summed E-state index contributed by atoms with van der Waals surface area (Å²) in [5.74, 6) is 2.83. The number of nitrogens with zero attached hydrogens (tertiary/aromatic N) is 3. The lowest BCUT2D eigenvalue weighted by molar-refractivity contribution is 0.288. The maximum absolute atomic E-state index is 13.0. The number of hydrogen-bond acceptors (Lipinski definition) is 3. The second-order valence-electron chi connectivity index (χ2n) is 5.01. The molecule has 1 aromatic heterocycles. The first-order chi connectivity index (χ1) is 9.15. The Bertz CT molecular complexity index is 605. The van der Waals surface area contributed by atoms with Crippen molar-refractivity contribution in [3.05, 3.63) is 41.2 Å². The lowest BCUT2D eigenvalue weighted by Gasteiger charge is -2.09. The summed E-state index contributed by atoms with van der Waals surface area (Å²) in [5.41, 5.74) is 0.782. The standard InChI is InChI=1S/C14H16FN3O/c1-9-7-11(15)5-6-12(9)19-8-13-16-17-14(18(13)2)10-3-4-10/h5-7,10H,3-4,8H2,1-2H3. The molecule has 5 heteroatoms. The van der Waals surface area contributed by atoms with Crippen LogP contribution in [-0.4, -0.2) is 14.8 Å². The van der Waals surface area contributed by atoms with Gasteiger partial charge in [-0.25, -0.2) is 4.39 Å². The van der Waals surface area contributed by atoms with Crippen LogP contribution < -0.4 is 4.74 Å². The van der Waals surface area contributed by atoms with E-state index in [1.165, 1.54) is 25.0 Å². The SMILES string of the molecule is Cc1cc(F)ccc1OCc1nnc(C2CC2)n1C. The molecule has 1 aromatic carbocycles. The lowest BCUT2D eigenvalue weighted by atomic mass is 10.2. The third kappa shape index (κ3) is 2.45. The molecule has 0 saturated heterocycles. The molecule has 1 heterocycles. The van der Waals surface area contributed by atoms with Crippen molar-refractivity contribution in [3.63, 3.8) is 0 Å². The summed E-state index contributed by atoms with van der Waals surface area (Å²) in [6.45, 7) is 2.17. The smallest absolute Gasteiger partial charge is 0.170 e. The first-order valence-corrected chi connectivity index (χ1v) is 6.42. The monoisotopic (exact) mass is 261 g/mol. The van der Waals surface area contributed by atoms with E-state index >= 15 is 0 Å². The summed E-state index contributed by atoms with van der Waals surface area (Å²) >= 11 is 0. The van der Waals surface area contributed by atoms with E-state index in [1.807, 2.05) is 18.5 Å². The molecule has 100 valence electrons. The van der Waals surface area contributed by atoms with Gasteiger partial charge in [-0.3, -0.25) is 0 Å². The van der Waals surface area contributed by atoms with E-state index in [1.54, 1.807) is 6.07 Å². The van der Waals surface area contributed by atoms with E-state index < -0.39 is 0 Å². The van der Waals surface area contributed by atoms with Gasteiger partial charge in [0.05, 0.1) is 0 Å². The van der Waals surface area contributed by atoms with Crippen LogP contribution in [0.15, 0.2) is 18.2 Å². The molecule has 0 bridgehead atoms. The van der Waals surface area contributed by atoms with E-state index in [2.05, 4.69) is 10.2 Å². The van der Waals surface area contributed by atoms with Crippen molar-refractivity contribution in [3.8, 4) is 5.75 Å². The largest absolute Gasteiger partial charge is 0.485 e. The van der Waals surface area contributed by atoms with Gasteiger partial charge >= 0.3 is 0 Å². The van der Waals surface area contributed by atoms with Crippen molar-refractivity contribution in [2.45, 2.75) is 32.3 Å². The Morgan fingerprint density at radius 3 is 2.84 bits per heavy atom. The Hall–Kier alpha value is -1.91. The summed E-state index contributed by atoms with van der Waals surface area (Å²) in [4.78, 5) is 0. The average molecular weight is 261 g/mol. The molecule has 0 spiro atoms. The van der Waals surface area contributed by atoms with Crippen LogP contribution in [0, 0.1) is 12.7 Å². The van der Waals surface area contributed by atoms with Gasteiger partial charge < -0.3 is 9.30 Å². The van der Waals surface area contributed by atoms with Gasteiger partial charge in [0.2, 0.25) is 0 Å². The zero-order chi connectivity index (χ0) is 13.4. The van der Waals surface area contributed by atoms with Crippen molar-refractivity contribution in [1.29, 1.82) is 0 Å². The Morgan fingerprint density at radius 2 is 2.16 bits per heavy atom. The van der Waals surface area contributed by atoms with Crippen molar-refractivity contribution in [1.82, 2.24) is 14.8 Å². The van der Waals surface area contributed by atoms with Gasteiger partial charge in [-0.05, 0) is 43.5 Å². The highest BCUT2D eigenvalue weighted by molar-refractivity contribution is 5.32. The molecule has 1 aliphatic rings. The third-order valence-electron chi connectivity index (χ3n) is 3.43. The molecular weight excluding hydrogens is 245 g/mol. The van der Waals surface area contributed by atoms with Crippen LogP contribution in [0.5, 0.6) is 5.75 Å². The van der Waals surface area contributed by atoms with Crippen LogP contribution in [-0.2, 0) is 13.7 Å². The second kappa shape index (κ2) is 4.64. The van der Waals surface area contributed by atoms with Gasteiger partial charge in [0.1, 0.15) is 24.0 Å². The van der Waals surface area contributed by atoms with Gasteiger partial charge in [0.25, 0.3) is 0 Å². The molecule has 0 unspecified atom stereocenters. The van der Waals surface area contributed by atoms with Crippen LogP contribution in [0.3, 0.4) is 0 Å². The first kappa shape index (κ1) is 12.1. The minimum Gasteiger partial charge on any atom is -0.485 e. The maximum atomic E-state index is 13.0. The van der Waals surface area contributed by atoms with E-state index in [0.29, 0.717) is 18.3 Å². The summed E-state index contributed by atoms with van der Waals surface area (Å²) in [6.07, 6.45) is 2.40. The molecule has 1 fully saturated rings. The van der Waals surface area contributed by atoms with Gasteiger partial charge in [-0.1, -0.05) is 0 Å². The van der Waals surface area contributed by atoms with E-state index in [9.17, 15) is 4.39 Å². The molecule has 1 saturated carbocycles. The van der Waals surface area contributed by atoms with Crippen LogP contribution in [0.25, 0.3) is 0 Å². The van der Waals surface area contributed by atoms with Gasteiger partial charge in [-0.2, -0.15) is 0 Å². The minimum absolute atomic E-state index is 0.250. The molecule has 3 rings (SSSR count). The fourth-order valence-corrected chi connectivity index (χ4v) is 2.12. The lowest BCUT2D eigenvalue weighted by Crippen LogP contribution is -2.06. The minimum atomic E-state index is -0.250. The van der Waals surface area contributed by atoms with Gasteiger partial charge in [0.15, 0.2) is 5.82 Å². The summed E-state index contributed by atoms with van der Waals surface area (Å²) < 4.78 is 20.7. The molecule has 2 aromatic rings. The third-order valence-corrected chi connectivity index (χ3v) is 3.43. The predicted molar refractivity (Wildman–Crippen MR) is 68.4 cm³/mol. The molecule has 0 radical (unpaired) electrons. The molecular formula is C14H16FN3O. The number of aromatic nitrogens is 3. The van der Waals surface area contributed by atoms with Crippen molar-refractivity contribution in [2.75, 3.05) is 0 Å². The fraction of sp³-hybridized carbons (Fsp3) is 0.429. The number of ether oxygens (including phenoxy) is 1. The van der Waals surface area contributed by atoms with E-state index in [-0.39, 0.29) is 5.82 Å². The molecule has 0 aliphatic heterocycles. The number of aryl methyl sites for hydroxylation is 1. The quantitative estimate of drug-likeness (QED) is 0.849. The second-order valence-corrected chi connectivity index (χ2v) is 5.01. The molecule has 4 nitrogen and oxygen atoms in total. The molecule has 1 aliphatic carbocycles. The number of benzene rings is 1. The van der Waals surface area contributed by atoms with Crippen LogP contribution in [0.1, 0.15) is 36.0 Å². The molecule has 0 amide bonds. The fourth-order valence-electron chi connectivity index (χ4n) is 2.12. The average Bonchev–Trinajstić information content (AvgIpc) is 3.14. The number of hydrogen-bond donors (Lipinski definition) is 0. The van der Waals surface area contributed by atoms with E-state index in [4.69, 9.17) is 4.74 Å². The Morgan fingerprint density at radius 1 is 1.37 bits per heavy atom. The van der Waals surface area contributed by atoms with Gasteiger partial charge in [-0.15, -0.1) is 10.2 Å². The van der Waals surface area contributed by atoms with Crippen LogP contribution in [0.2, 0.25) is 0 Å². The highest BCUT2D eigenvalue weighted by Gasteiger charge is 2.29. The summed E-state index contributed by atoms with van der Waals surface area (Å²) in [7, 11) is 1.96. The summed E-state index contributed by atoms with van der Waals surface area (Å²) in [6, 6.07) is 4.50. The van der Waals surface area contributed by atoms with Crippen molar-refractivity contribution >= 4 is 0 Å². The highest BCUT2D eigenvalue weighted by atomic mass is 19.1. The van der Waals surface area contributed by atoms with Gasteiger partial charge in [0, 0.05) is 13.0 Å². The number of rotatable bonds is 4. The number of halogens is 1. The Kier molecular flexibility index (Phi) is 2.97. The molecule has 0 atom stereocenters. The molecule has 19 heavy (non-hydrogen) atoms. The Labute approximate surface area is 111 Å². The summed E-state index contributed by atoms with van der Waals surface area (Å²) in [5, 5.41) is 8.35. The van der Waals surface area contributed by atoms with Crippen molar-refractivity contribution < 1.29 is 9.13 Å². The van der Waals surface area contributed by atoms with Crippen molar-refractivity contribution in [2.24, 2.45) is 7.05 Å².